The lowest BCUT2D eigenvalue weighted by atomic mass is 10.1. The van der Waals surface area contributed by atoms with Gasteiger partial charge in [0.25, 0.3) is 5.69 Å². The molecule has 162 valence electrons. The van der Waals surface area contributed by atoms with Gasteiger partial charge >= 0.3 is 0 Å². The highest BCUT2D eigenvalue weighted by Gasteiger charge is 2.24. The Morgan fingerprint density at radius 2 is 2.19 bits per heavy atom. The average molecular weight is 484 g/mol. The summed E-state index contributed by atoms with van der Waals surface area (Å²) in [7, 11) is 0. The second kappa shape index (κ2) is 8.57. The number of fused-ring (bicyclic) bond motifs is 3. The van der Waals surface area contributed by atoms with Crippen molar-refractivity contribution in [1.29, 1.82) is 0 Å². The quantitative estimate of drug-likeness (QED) is 0.171. The van der Waals surface area contributed by atoms with Crippen molar-refractivity contribution in [3.8, 4) is 11.3 Å². The highest BCUT2D eigenvalue weighted by atomic mass is 32.2. The fourth-order valence-electron chi connectivity index (χ4n) is 3.66. The molecule has 0 saturated heterocycles. The van der Waals surface area contributed by atoms with E-state index in [9.17, 15) is 14.9 Å². The summed E-state index contributed by atoms with van der Waals surface area (Å²) in [6, 6.07) is 6.28. The van der Waals surface area contributed by atoms with E-state index in [-0.39, 0.29) is 16.8 Å². The van der Waals surface area contributed by atoms with Gasteiger partial charge in [-0.05, 0) is 31.7 Å². The van der Waals surface area contributed by atoms with Gasteiger partial charge in [0.2, 0.25) is 5.91 Å². The number of carbonyl (C=O) groups is 1. The number of rotatable bonds is 6. The number of aromatic nitrogens is 3. The van der Waals surface area contributed by atoms with Gasteiger partial charge in [0.05, 0.1) is 15.9 Å². The molecule has 0 unspecified atom stereocenters. The summed E-state index contributed by atoms with van der Waals surface area (Å²) in [5.41, 5.74) is 2.55. The standard InChI is InChI=1S/C21H17N5O3S3/c1-11(31-19-17-14-6-3-7-16(14)32-20(17)23-10-22-19)18(27)25-21-24-15(9-30-21)12-4-2-5-13(8-12)26(28)29/h2,4-5,8-11H,3,6-7H2,1H3,(H,24,25,27)/t11-/m0/s1. The molecule has 1 aliphatic carbocycles. The summed E-state index contributed by atoms with van der Waals surface area (Å²) < 4.78 is 0. The topological polar surface area (TPSA) is 111 Å². The number of thioether (sulfide) groups is 1. The van der Waals surface area contributed by atoms with Crippen LogP contribution in [0.25, 0.3) is 21.5 Å². The first-order valence-electron chi connectivity index (χ1n) is 9.92. The van der Waals surface area contributed by atoms with Crippen LogP contribution in [0.15, 0.2) is 41.0 Å². The van der Waals surface area contributed by atoms with Crippen molar-refractivity contribution in [1.82, 2.24) is 15.0 Å². The van der Waals surface area contributed by atoms with Crippen LogP contribution in [0.5, 0.6) is 0 Å². The average Bonchev–Trinajstić information content (AvgIpc) is 3.50. The molecule has 5 rings (SSSR count). The van der Waals surface area contributed by atoms with E-state index in [4.69, 9.17) is 0 Å². The molecule has 0 radical (unpaired) electrons. The molecule has 1 aromatic carbocycles. The van der Waals surface area contributed by atoms with E-state index in [2.05, 4.69) is 20.3 Å². The molecule has 4 aromatic rings. The Kier molecular flexibility index (Phi) is 5.62. The van der Waals surface area contributed by atoms with E-state index in [1.807, 2.05) is 6.92 Å². The molecule has 3 heterocycles. The Hall–Kier alpha value is -2.89. The van der Waals surface area contributed by atoms with Gasteiger partial charge in [-0.2, -0.15) is 0 Å². The number of hydrogen-bond donors (Lipinski definition) is 1. The summed E-state index contributed by atoms with van der Waals surface area (Å²) in [6.07, 6.45) is 4.85. The van der Waals surface area contributed by atoms with Crippen LogP contribution in [0.2, 0.25) is 0 Å². The summed E-state index contributed by atoms with van der Waals surface area (Å²) in [6.45, 7) is 1.84. The number of nitro benzene ring substituents is 1. The van der Waals surface area contributed by atoms with Gasteiger partial charge < -0.3 is 5.32 Å². The number of nitrogens with one attached hydrogen (secondary N) is 1. The van der Waals surface area contributed by atoms with Crippen LogP contribution in [0.4, 0.5) is 10.8 Å². The largest absolute Gasteiger partial charge is 0.301 e. The number of thiazole rings is 1. The van der Waals surface area contributed by atoms with E-state index >= 15 is 0 Å². The van der Waals surface area contributed by atoms with Crippen molar-refractivity contribution in [2.75, 3.05) is 5.32 Å². The van der Waals surface area contributed by atoms with E-state index in [0.717, 1.165) is 34.5 Å². The fourth-order valence-corrected chi connectivity index (χ4v) is 6.62. The maximum Gasteiger partial charge on any atom is 0.270 e. The van der Waals surface area contributed by atoms with Gasteiger partial charge in [-0.1, -0.05) is 23.9 Å². The summed E-state index contributed by atoms with van der Waals surface area (Å²) in [5, 5.41) is 17.6. The molecule has 0 aliphatic heterocycles. The molecular weight excluding hydrogens is 466 g/mol. The van der Waals surface area contributed by atoms with Crippen molar-refractivity contribution in [3.63, 3.8) is 0 Å². The maximum absolute atomic E-state index is 12.8. The van der Waals surface area contributed by atoms with Crippen LogP contribution in [-0.2, 0) is 17.6 Å². The molecule has 0 bridgehead atoms. The zero-order valence-corrected chi connectivity index (χ0v) is 19.4. The van der Waals surface area contributed by atoms with Crippen LogP contribution in [0.3, 0.4) is 0 Å². The molecular formula is C21H17N5O3S3. The molecule has 0 fully saturated rings. The molecule has 8 nitrogen and oxygen atoms in total. The number of anilines is 1. The second-order valence-electron chi connectivity index (χ2n) is 7.31. The van der Waals surface area contributed by atoms with Gasteiger partial charge in [-0.25, -0.2) is 15.0 Å². The van der Waals surface area contributed by atoms with E-state index < -0.39 is 4.92 Å². The van der Waals surface area contributed by atoms with Crippen LogP contribution in [0, 0.1) is 10.1 Å². The molecule has 1 amide bonds. The Bertz CT molecular complexity index is 1350. The summed E-state index contributed by atoms with van der Waals surface area (Å²) >= 11 is 4.44. The Labute approximate surface area is 195 Å². The molecule has 32 heavy (non-hydrogen) atoms. The van der Waals surface area contributed by atoms with Gasteiger partial charge in [0.15, 0.2) is 5.13 Å². The van der Waals surface area contributed by atoms with E-state index in [0.29, 0.717) is 16.4 Å². The van der Waals surface area contributed by atoms with Gasteiger partial charge in [-0.15, -0.1) is 22.7 Å². The highest BCUT2D eigenvalue weighted by molar-refractivity contribution is 8.00. The SMILES string of the molecule is C[C@H](Sc1ncnc2sc3c(c12)CCC3)C(=O)Nc1nc(-c2cccc([N+](=O)[O-])c2)cs1. The van der Waals surface area contributed by atoms with E-state index in [1.165, 1.54) is 45.7 Å². The summed E-state index contributed by atoms with van der Waals surface area (Å²) in [5.74, 6) is -0.173. The highest BCUT2D eigenvalue weighted by Crippen LogP contribution is 2.41. The number of hydrogen-bond acceptors (Lipinski definition) is 9. The van der Waals surface area contributed by atoms with Gasteiger partial charge in [0.1, 0.15) is 16.2 Å². The third-order valence-electron chi connectivity index (χ3n) is 5.21. The number of amides is 1. The Morgan fingerprint density at radius 3 is 3.03 bits per heavy atom. The number of carbonyl (C=O) groups excluding carboxylic acids is 1. The third-order valence-corrected chi connectivity index (χ3v) is 8.27. The lowest BCUT2D eigenvalue weighted by Crippen LogP contribution is -2.22. The first kappa shape index (κ1) is 21.0. The monoisotopic (exact) mass is 483 g/mol. The number of non-ortho nitro benzene ring substituents is 1. The predicted octanol–water partition coefficient (Wildman–Crippen LogP) is 5.33. The zero-order chi connectivity index (χ0) is 22.2. The van der Waals surface area contributed by atoms with Crippen LogP contribution in [-0.4, -0.2) is 31.0 Å². The van der Waals surface area contributed by atoms with Crippen molar-refractivity contribution < 1.29 is 9.72 Å². The molecule has 3 aromatic heterocycles. The van der Waals surface area contributed by atoms with Crippen molar-refractivity contribution in [2.45, 2.75) is 36.5 Å². The molecule has 1 atom stereocenters. The minimum Gasteiger partial charge on any atom is -0.301 e. The minimum absolute atomic E-state index is 0.00203. The smallest absolute Gasteiger partial charge is 0.270 e. The number of thiophene rings is 1. The van der Waals surface area contributed by atoms with Crippen LogP contribution in [0.1, 0.15) is 23.8 Å². The number of aryl methyl sites for hydroxylation is 2. The number of benzene rings is 1. The molecule has 0 spiro atoms. The van der Waals surface area contributed by atoms with Crippen molar-refractivity contribution >= 4 is 61.4 Å². The predicted molar refractivity (Wildman–Crippen MR) is 128 cm³/mol. The molecule has 1 aliphatic rings. The molecule has 1 N–H and O–H groups in total. The van der Waals surface area contributed by atoms with Crippen molar-refractivity contribution in [2.24, 2.45) is 0 Å². The third kappa shape index (κ3) is 3.98. The number of nitro groups is 1. The Balaban J connectivity index is 1.31. The zero-order valence-electron chi connectivity index (χ0n) is 16.9. The second-order valence-corrected chi connectivity index (χ2v) is 10.6. The lowest BCUT2D eigenvalue weighted by Gasteiger charge is -2.11. The molecule has 11 heteroatoms. The maximum atomic E-state index is 12.8. The first-order valence-corrected chi connectivity index (χ1v) is 12.5. The first-order chi connectivity index (χ1) is 15.5. The van der Waals surface area contributed by atoms with Crippen LogP contribution < -0.4 is 5.32 Å². The molecule has 0 saturated carbocycles. The fraction of sp³-hybridized carbons (Fsp3) is 0.238. The van der Waals surface area contributed by atoms with E-state index in [1.54, 1.807) is 35.2 Å². The normalized spacial score (nSPS) is 13.8. The van der Waals surface area contributed by atoms with Gasteiger partial charge in [-0.3, -0.25) is 14.9 Å². The number of nitrogens with zero attached hydrogens (tertiary/aromatic N) is 4. The van der Waals surface area contributed by atoms with Crippen molar-refractivity contribution in [3.05, 3.63) is 56.5 Å². The minimum atomic E-state index is -0.440. The van der Waals surface area contributed by atoms with Crippen LogP contribution >= 0.6 is 34.4 Å². The Morgan fingerprint density at radius 1 is 1.31 bits per heavy atom. The van der Waals surface area contributed by atoms with Gasteiger partial charge in [0, 0.05) is 33.3 Å². The lowest BCUT2D eigenvalue weighted by molar-refractivity contribution is -0.384. The summed E-state index contributed by atoms with van der Waals surface area (Å²) in [4.78, 5) is 39.1.